The Kier molecular flexibility index (Phi) is 13.3. The highest BCUT2D eigenvalue weighted by Crippen LogP contribution is 2.33. The molecule has 0 amide bonds. The van der Waals surface area contributed by atoms with Crippen molar-refractivity contribution < 1.29 is 4.21 Å². The van der Waals surface area contributed by atoms with E-state index in [0.29, 0.717) is 11.1 Å². The number of nitrogens with zero attached hydrogens (tertiary/aromatic N) is 3. The maximum absolute atomic E-state index is 12.0. The van der Waals surface area contributed by atoms with Crippen LogP contribution in [0.1, 0.15) is 95.6 Å². The first kappa shape index (κ1) is 30.1. The highest BCUT2D eigenvalue weighted by molar-refractivity contribution is 7.99. The fourth-order valence-corrected chi connectivity index (χ4v) is 5.91. The molecule has 5 nitrogen and oxygen atoms in total. The van der Waals surface area contributed by atoms with Crippen molar-refractivity contribution in [1.82, 2.24) is 20.1 Å². The summed E-state index contributed by atoms with van der Waals surface area (Å²) in [6.45, 7) is 14.8. The quantitative estimate of drug-likeness (QED) is 0.322. The highest BCUT2D eigenvalue weighted by atomic mass is 32.2. The second kappa shape index (κ2) is 15.9. The van der Waals surface area contributed by atoms with Crippen molar-refractivity contribution in [2.24, 2.45) is 0 Å². The Bertz CT molecular complexity index is 1050. The molecule has 0 radical (unpaired) electrons. The zero-order valence-corrected chi connectivity index (χ0v) is 24.6. The summed E-state index contributed by atoms with van der Waals surface area (Å²) in [6.07, 6.45) is 17.1. The van der Waals surface area contributed by atoms with Gasteiger partial charge in [-0.3, -0.25) is 8.89 Å². The lowest BCUT2D eigenvalue weighted by molar-refractivity contribution is 0.424. The molecule has 0 aliphatic carbocycles. The number of hydrogen-bond acceptors (Lipinski definition) is 5. The highest BCUT2D eigenvalue weighted by Gasteiger charge is 2.23. The molecule has 3 rings (SSSR count). The second-order valence-electron chi connectivity index (χ2n) is 8.86. The topological polar surface area (TPSA) is 59.8 Å². The summed E-state index contributed by atoms with van der Waals surface area (Å²) in [4.78, 5) is 4.26. The van der Waals surface area contributed by atoms with Gasteiger partial charge in [0.25, 0.3) is 0 Å². The van der Waals surface area contributed by atoms with Crippen molar-refractivity contribution in [3.8, 4) is 0 Å². The van der Waals surface area contributed by atoms with E-state index in [-0.39, 0.29) is 6.04 Å². The molecule has 0 saturated carbocycles. The van der Waals surface area contributed by atoms with Crippen LogP contribution in [0.25, 0.3) is 11.6 Å². The first-order valence-corrected chi connectivity index (χ1v) is 15.9. The fourth-order valence-electron chi connectivity index (χ4n) is 4.32. The molecule has 1 fully saturated rings. The molecule has 2 aromatic heterocycles. The summed E-state index contributed by atoms with van der Waals surface area (Å²) in [5.41, 5.74) is 5.51. The SMILES string of the molecule is C=Cc1c(C(=C\C)/C(=C\CC)NC(CC)c2ccnc(S(C)=O)c2)cnn1C1CCSCC1.CCC. The number of thioether (sulfide) groups is 1. The number of hydrogen-bond donors (Lipinski definition) is 1. The van der Waals surface area contributed by atoms with Gasteiger partial charge >= 0.3 is 0 Å². The van der Waals surface area contributed by atoms with Crippen LogP contribution in [-0.2, 0) is 10.8 Å². The van der Waals surface area contributed by atoms with E-state index in [0.717, 1.165) is 53.8 Å². The minimum Gasteiger partial charge on any atom is -0.378 e. The van der Waals surface area contributed by atoms with Gasteiger partial charge in [0, 0.05) is 29.3 Å². The second-order valence-corrected chi connectivity index (χ2v) is 11.4. The molecular weight excluding hydrogens is 484 g/mol. The Labute approximate surface area is 225 Å². The molecule has 36 heavy (non-hydrogen) atoms. The van der Waals surface area contributed by atoms with Gasteiger partial charge in [-0.15, -0.1) is 0 Å². The average Bonchev–Trinajstić information content (AvgIpc) is 3.32. The normalized spacial score (nSPS) is 16.6. The number of rotatable bonds is 10. The molecule has 198 valence electrons. The van der Waals surface area contributed by atoms with Gasteiger partial charge in [-0.25, -0.2) is 4.98 Å². The summed E-state index contributed by atoms with van der Waals surface area (Å²) >= 11 is 2.02. The lowest BCUT2D eigenvalue weighted by Gasteiger charge is -2.25. The molecular formula is C29H44N4OS2. The molecule has 3 heterocycles. The van der Waals surface area contributed by atoms with E-state index in [1.807, 2.05) is 36.2 Å². The number of allylic oxidation sites excluding steroid dienone is 3. The predicted molar refractivity (Wildman–Crippen MR) is 159 cm³/mol. The van der Waals surface area contributed by atoms with E-state index >= 15 is 0 Å². The van der Waals surface area contributed by atoms with Gasteiger partial charge in [0.15, 0.2) is 0 Å². The molecule has 2 unspecified atom stereocenters. The summed E-state index contributed by atoms with van der Waals surface area (Å²) in [6, 6.07) is 4.47. The lowest BCUT2D eigenvalue weighted by atomic mass is 9.98. The molecule has 0 bridgehead atoms. The van der Waals surface area contributed by atoms with Gasteiger partial charge in [0.2, 0.25) is 0 Å². The van der Waals surface area contributed by atoms with Gasteiger partial charge in [0.1, 0.15) is 5.03 Å². The van der Waals surface area contributed by atoms with Crippen molar-refractivity contribution in [2.75, 3.05) is 17.8 Å². The zero-order chi connectivity index (χ0) is 26.5. The minimum atomic E-state index is -1.11. The fraction of sp³-hybridized carbons (Fsp3) is 0.517. The number of pyridine rings is 1. The molecule has 1 saturated heterocycles. The van der Waals surface area contributed by atoms with Crippen LogP contribution in [0.2, 0.25) is 0 Å². The van der Waals surface area contributed by atoms with Crippen molar-refractivity contribution in [3.63, 3.8) is 0 Å². The molecule has 0 aromatic carbocycles. The average molecular weight is 529 g/mol. The van der Waals surface area contributed by atoms with Crippen LogP contribution in [-0.4, -0.2) is 36.7 Å². The smallest absolute Gasteiger partial charge is 0.127 e. The van der Waals surface area contributed by atoms with Gasteiger partial charge < -0.3 is 5.32 Å². The van der Waals surface area contributed by atoms with Crippen molar-refractivity contribution >= 4 is 34.2 Å². The summed E-state index contributed by atoms with van der Waals surface area (Å²) in [5.74, 6) is 2.37. The molecule has 2 aromatic rings. The number of nitrogens with one attached hydrogen (secondary N) is 1. The van der Waals surface area contributed by atoms with Crippen LogP contribution in [0.5, 0.6) is 0 Å². The van der Waals surface area contributed by atoms with E-state index in [9.17, 15) is 4.21 Å². The molecule has 1 N–H and O–H groups in total. The van der Waals surface area contributed by atoms with Crippen molar-refractivity contribution in [1.29, 1.82) is 0 Å². The van der Waals surface area contributed by atoms with E-state index in [4.69, 9.17) is 5.10 Å². The van der Waals surface area contributed by atoms with E-state index < -0.39 is 10.8 Å². The van der Waals surface area contributed by atoms with Crippen LogP contribution in [0.4, 0.5) is 0 Å². The van der Waals surface area contributed by atoms with E-state index in [1.54, 1.807) is 12.5 Å². The summed E-state index contributed by atoms with van der Waals surface area (Å²) in [7, 11) is -1.11. The molecule has 1 aliphatic heterocycles. The third-order valence-electron chi connectivity index (χ3n) is 6.04. The molecule has 2 atom stereocenters. The maximum atomic E-state index is 12.0. The Hall–Kier alpha value is -2.12. The van der Waals surface area contributed by atoms with Crippen LogP contribution in [0, 0.1) is 0 Å². The molecule has 0 spiro atoms. The largest absolute Gasteiger partial charge is 0.378 e. The van der Waals surface area contributed by atoms with Crippen LogP contribution >= 0.6 is 11.8 Å². The Morgan fingerprint density at radius 3 is 2.56 bits per heavy atom. The van der Waals surface area contributed by atoms with Gasteiger partial charge in [-0.05, 0) is 67.9 Å². The predicted octanol–water partition coefficient (Wildman–Crippen LogP) is 7.58. The van der Waals surface area contributed by atoms with E-state index in [1.165, 1.54) is 17.9 Å². The third kappa shape index (κ3) is 7.94. The van der Waals surface area contributed by atoms with Crippen LogP contribution in [0.3, 0.4) is 0 Å². The standard InChI is InChI=1S/C26H36N4OS2.C3H8/c1-6-10-24(29-23(8-3)19-11-14-27-26(17-19)33(5)31)21(7-2)22-18-28-30(25(22)9-4)20-12-15-32-16-13-20;1-3-2/h7,9-11,14,17-18,20,23,29H,4,6,8,12-13,15-16H2,1-3,5H3;3H2,1-2H3/b21-7+,24-10+;. The van der Waals surface area contributed by atoms with Crippen molar-refractivity contribution in [2.45, 2.75) is 83.8 Å². The Morgan fingerprint density at radius 2 is 2.00 bits per heavy atom. The monoisotopic (exact) mass is 528 g/mol. The first-order chi connectivity index (χ1) is 17.4. The Morgan fingerprint density at radius 1 is 1.31 bits per heavy atom. The van der Waals surface area contributed by atoms with Gasteiger partial charge in [-0.2, -0.15) is 16.9 Å². The van der Waals surface area contributed by atoms with Gasteiger partial charge in [0.05, 0.1) is 34.8 Å². The number of aromatic nitrogens is 3. The first-order valence-electron chi connectivity index (χ1n) is 13.2. The minimum absolute atomic E-state index is 0.0839. The third-order valence-corrected chi connectivity index (χ3v) is 7.90. The maximum Gasteiger partial charge on any atom is 0.127 e. The van der Waals surface area contributed by atoms with Crippen molar-refractivity contribution in [3.05, 3.63) is 65.8 Å². The zero-order valence-electron chi connectivity index (χ0n) is 22.9. The molecule has 1 aliphatic rings. The Balaban J connectivity index is 0.00000145. The summed E-state index contributed by atoms with van der Waals surface area (Å²) < 4.78 is 14.1. The summed E-state index contributed by atoms with van der Waals surface area (Å²) in [5, 5.41) is 9.19. The molecule has 7 heteroatoms. The van der Waals surface area contributed by atoms with Crippen LogP contribution < -0.4 is 5.32 Å². The van der Waals surface area contributed by atoms with Gasteiger partial charge in [-0.1, -0.05) is 52.8 Å². The van der Waals surface area contributed by atoms with E-state index in [2.05, 4.69) is 68.3 Å². The lowest BCUT2D eigenvalue weighted by Crippen LogP contribution is -2.22. The van der Waals surface area contributed by atoms with Crippen LogP contribution in [0.15, 0.2) is 54.0 Å².